The van der Waals surface area contributed by atoms with Gasteiger partial charge in [0, 0.05) is 13.0 Å². The zero-order valence-corrected chi connectivity index (χ0v) is 17.7. The van der Waals surface area contributed by atoms with Crippen molar-refractivity contribution in [2.75, 3.05) is 0 Å². The standard InChI is InChI=1S/C25H25N5O2/c31-25(24(30-19-27-28-29-30)15-20-8-3-1-4-9-20)26-16-22-12-7-13-23(14-22)18-32-17-21-10-5-2-6-11-21/h1-14,19,24H,15-18H2,(H,26,31). The molecule has 1 atom stereocenters. The second kappa shape index (κ2) is 11.0. The molecule has 0 aliphatic rings. The smallest absolute Gasteiger partial charge is 0.245 e. The van der Waals surface area contributed by atoms with Crippen LogP contribution in [0.1, 0.15) is 28.3 Å². The van der Waals surface area contributed by atoms with Crippen molar-refractivity contribution in [3.63, 3.8) is 0 Å². The Hall–Kier alpha value is -3.84. The zero-order chi connectivity index (χ0) is 22.0. The van der Waals surface area contributed by atoms with Gasteiger partial charge in [-0.3, -0.25) is 4.79 Å². The van der Waals surface area contributed by atoms with E-state index in [1.165, 1.54) is 11.0 Å². The summed E-state index contributed by atoms with van der Waals surface area (Å²) in [6.07, 6.45) is 1.98. The first-order chi connectivity index (χ1) is 15.8. The monoisotopic (exact) mass is 427 g/mol. The van der Waals surface area contributed by atoms with Crippen molar-refractivity contribution < 1.29 is 9.53 Å². The van der Waals surface area contributed by atoms with Crippen LogP contribution in [-0.2, 0) is 35.7 Å². The van der Waals surface area contributed by atoms with Crippen LogP contribution in [0.5, 0.6) is 0 Å². The maximum absolute atomic E-state index is 13.0. The molecule has 162 valence electrons. The third-order valence-electron chi connectivity index (χ3n) is 5.10. The van der Waals surface area contributed by atoms with Gasteiger partial charge in [0.1, 0.15) is 12.4 Å². The normalized spacial score (nSPS) is 11.8. The summed E-state index contributed by atoms with van der Waals surface area (Å²) in [5.74, 6) is -0.133. The first-order valence-corrected chi connectivity index (χ1v) is 10.5. The third kappa shape index (κ3) is 6.09. The molecule has 32 heavy (non-hydrogen) atoms. The fourth-order valence-corrected chi connectivity index (χ4v) is 3.45. The lowest BCUT2D eigenvalue weighted by Gasteiger charge is -2.16. The van der Waals surface area contributed by atoms with Crippen molar-refractivity contribution in [3.05, 3.63) is 114 Å². The first-order valence-electron chi connectivity index (χ1n) is 10.5. The Balaban J connectivity index is 1.34. The molecule has 3 aromatic carbocycles. The van der Waals surface area contributed by atoms with E-state index >= 15 is 0 Å². The van der Waals surface area contributed by atoms with Gasteiger partial charge in [-0.2, -0.15) is 0 Å². The van der Waals surface area contributed by atoms with E-state index in [0.717, 1.165) is 22.3 Å². The van der Waals surface area contributed by atoms with E-state index in [0.29, 0.717) is 26.2 Å². The number of hydrogen-bond donors (Lipinski definition) is 1. The van der Waals surface area contributed by atoms with Crippen molar-refractivity contribution in [2.24, 2.45) is 0 Å². The maximum atomic E-state index is 13.0. The van der Waals surface area contributed by atoms with Crippen LogP contribution in [0, 0.1) is 0 Å². The highest BCUT2D eigenvalue weighted by Gasteiger charge is 2.22. The molecule has 0 aliphatic heterocycles. The van der Waals surface area contributed by atoms with Crippen LogP contribution in [-0.4, -0.2) is 26.1 Å². The number of rotatable bonds is 10. The minimum atomic E-state index is -0.523. The predicted octanol–water partition coefficient (Wildman–Crippen LogP) is 3.49. The van der Waals surface area contributed by atoms with Crippen LogP contribution < -0.4 is 5.32 Å². The Bertz CT molecular complexity index is 1100. The van der Waals surface area contributed by atoms with E-state index in [-0.39, 0.29) is 5.91 Å². The van der Waals surface area contributed by atoms with Crippen LogP contribution in [0.15, 0.2) is 91.3 Å². The summed E-state index contributed by atoms with van der Waals surface area (Å²) >= 11 is 0. The Labute approximate surface area is 187 Å². The summed E-state index contributed by atoms with van der Waals surface area (Å²) in [5.41, 5.74) is 4.26. The molecular formula is C25H25N5O2. The van der Waals surface area contributed by atoms with Gasteiger partial charge in [0.05, 0.1) is 13.2 Å². The number of carbonyl (C=O) groups is 1. The number of nitrogens with one attached hydrogen (secondary N) is 1. The minimum absolute atomic E-state index is 0.133. The van der Waals surface area contributed by atoms with Crippen LogP contribution in [0.2, 0.25) is 0 Å². The first kappa shape index (κ1) is 21.4. The van der Waals surface area contributed by atoms with Crippen LogP contribution in [0.4, 0.5) is 0 Å². The van der Waals surface area contributed by atoms with E-state index in [4.69, 9.17) is 4.74 Å². The number of hydrogen-bond acceptors (Lipinski definition) is 5. The number of tetrazole rings is 1. The molecule has 0 radical (unpaired) electrons. The molecule has 1 heterocycles. The van der Waals surface area contributed by atoms with Gasteiger partial charge in [0.25, 0.3) is 0 Å². The van der Waals surface area contributed by atoms with Gasteiger partial charge in [0.15, 0.2) is 0 Å². The molecule has 0 saturated heterocycles. The molecule has 1 unspecified atom stereocenters. The SMILES string of the molecule is O=C(NCc1cccc(COCc2ccccc2)c1)C(Cc1ccccc1)n1cnnn1. The number of carbonyl (C=O) groups excluding carboxylic acids is 1. The molecule has 0 saturated carbocycles. The molecule has 7 nitrogen and oxygen atoms in total. The summed E-state index contributed by atoms with van der Waals surface area (Å²) in [5, 5.41) is 14.3. The van der Waals surface area contributed by atoms with E-state index < -0.39 is 6.04 Å². The molecule has 0 fully saturated rings. The second-order valence-corrected chi connectivity index (χ2v) is 7.51. The number of amides is 1. The Morgan fingerprint density at radius 1 is 0.844 bits per heavy atom. The fraction of sp³-hybridized carbons (Fsp3) is 0.200. The second-order valence-electron chi connectivity index (χ2n) is 7.51. The lowest BCUT2D eigenvalue weighted by molar-refractivity contribution is -0.124. The summed E-state index contributed by atoms with van der Waals surface area (Å²) in [4.78, 5) is 13.0. The topological polar surface area (TPSA) is 81.9 Å². The fourth-order valence-electron chi connectivity index (χ4n) is 3.45. The molecule has 0 aliphatic carbocycles. The van der Waals surface area contributed by atoms with Gasteiger partial charge in [0.2, 0.25) is 5.91 Å². The molecule has 1 amide bonds. The average Bonchev–Trinajstić information content (AvgIpc) is 3.37. The lowest BCUT2D eigenvalue weighted by Crippen LogP contribution is -2.34. The van der Waals surface area contributed by atoms with Crippen molar-refractivity contribution in [3.8, 4) is 0 Å². The van der Waals surface area contributed by atoms with Gasteiger partial charge < -0.3 is 10.1 Å². The highest BCUT2D eigenvalue weighted by atomic mass is 16.5. The number of nitrogens with zero attached hydrogens (tertiary/aromatic N) is 4. The van der Waals surface area contributed by atoms with Gasteiger partial charge in [-0.05, 0) is 32.7 Å². The summed E-state index contributed by atoms with van der Waals surface area (Å²) < 4.78 is 7.32. The Kier molecular flexibility index (Phi) is 7.34. The number of benzene rings is 3. The largest absolute Gasteiger partial charge is 0.372 e. The molecule has 0 bridgehead atoms. The molecule has 4 rings (SSSR count). The zero-order valence-electron chi connectivity index (χ0n) is 17.7. The van der Waals surface area contributed by atoms with E-state index in [2.05, 4.69) is 26.9 Å². The van der Waals surface area contributed by atoms with Gasteiger partial charge in [-0.25, -0.2) is 4.68 Å². The van der Waals surface area contributed by atoms with E-state index in [1.807, 2.05) is 78.9 Å². The van der Waals surface area contributed by atoms with E-state index in [9.17, 15) is 4.79 Å². The van der Waals surface area contributed by atoms with Gasteiger partial charge in [-0.15, -0.1) is 5.10 Å². The lowest BCUT2D eigenvalue weighted by atomic mass is 10.1. The molecular weight excluding hydrogens is 402 g/mol. The molecule has 1 N–H and O–H groups in total. The van der Waals surface area contributed by atoms with Crippen LogP contribution >= 0.6 is 0 Å². The van der Waals surface area contributed by atoms with Crippen LogP contribution in [0.25, 0.3) is 0 Å². The number of aromatic nitrogens is 4. The Morgan fingerprint density at radius 3 is 2.22 bits per heavy atom. The maximum Gasteiger partial charge on any atom is 0.245 e. The molecule has 1 aromatic heterocycles. The number of ether oxygens (including phenoxy) is 1. The quantitative estimate of drug-likeness (QED) is 0.419. The predicted molar refractivity (Wildman–Crippen MR) is 120 cm³/mol. The Morgan fingerprint density at radius 2 is 1.50 bits per heavy atom. The summed E-state index contributed by atoms with van der Waals surface area (Å²) in [6, 6.07) is 27.4. The van der Waals surface area contributed by atoms with Crippen molar-refractivity contribution in [2.45, 2.75) is 32.2 Å². The third-order valence-corrected chi connectivity index (χ3v) is 5.10. The van der Waals surface area contributed by atoms with Crippen molar-refractivity contribution in [1.29, 1.82) is 0 Å². The highest BCUT2D eigenvalue weighted by molar-refractivity contribution is 5.80. The van der Waals surface area contributed by atoms with E-state index in [1.54, 1.807) is 0 Å². The summed E-state index contributed by atoms with van der Waals surface area (Å²) in [6.45, 7) is 1.49. The van der Waals surface area contributed by atoms with Crippen LogP contribution in [0.3, 0.4) is 0 Å². The van der Waals surface area contributed by atoms with Gasteiger partial charge >= 0.3 is 0 Å². The molecule has 7 heteroatoms. The summed E-state index contributed by atoms with van der Waals surface area (Å²) in [7, 11) is 0. The highest BCUT2D eigenvalue weighted by Crippen LogP contribution is 2.14. The van der Waals surface area contributed by atoms with Gasteiger partial charge in [-0.1, -0.05) is 84.9 Å². The molecule has 0 spiro atoms. The average molecular weight is 428 g/mol. The minimum Gasteiger partial charge on any atom is -0.372 e. The van der Waals surface area contributed by atoms with Crippen molar-refractivity contribution in [1.82, 2.24) is 25.5 Å². The van der Waals surface area contributed by atoms with Crippen molar-refractivity contribution >= 4 is 5.91 Å². The molecule has 4 aromatic rings.